The Morgan fingerprint density at radius 2 is 1.80 bits per heavy atom. The number of nitrogens with one attached hydrogen (secondary N) is 1. The molecule has 0 atom stereocenters. The molecular weight excluding hydrogens is 250 g/mol. The van der Waals surface area contributed by atoms with Crippen LogP contribution in [0.2, 0.25) is 0 Å². The fourth-order valence-electron chi connectivity index (χ4n) is 1.61. The highest BCUT2D eigenvalue weighted by Gasteiger charge is 2.05. The number of carbonyl (C=O) groups is 1. The van der Waals surface area contributed by atoms with E-state index >= 15 is 0 Å². The van der Waals surface area contributed by atoms with Crippen molar-refractivity contribution in [2.24, 2.45) is 5.10 Å². The smallest absolute Gasteiger partial charge is 0.266 e. The average molecular weight is 266 g/mol. The van der Waals surface area contributed by atoms with Crippen molar-refractivity contribution in [2.75, 3.05) is 0 Å². The summed E-state index contributed by atoms with van der Waals surface area (Å²) >= 11 is 0. The van der Waals surface area contributed by atoms with Crippen molar-refractivity contribution in [1.82, 2.24) is 5.43 Å². The molecule has 4 nitrogen and oxygen atoms in total. The lowest BCUT2D eigenvalue weighted by Crippen LogP contribution is -2.40. The van der Waals surface area contributed by atoms with E-state index in [2.05, 4.69) is 10.5 Å². The number of hydrogen-bond donors (Lipinski definition) is 1. The second kappa shape index (κ2) is 7.63. The lowest BCUT2D eigenvalue weighted by molar-refractivity contribution is -0.684. The second-order valence-electron chi connectivity index (χ2n) is 4.13. The summed E-state index contributed by atoms with van der Waals surface area (Å²) in [4.78, 5) is 11.6. The zero-order chi connectivity index (χ0) is 14.0. The summed E-state index contributed by atoms with van der Waals surface area (Å²) in [6, 6.07) is 15.5. The van der Waals surface area contributed by atoms with E-state index in [0.29, 0.717) is 0 Å². The number of hydrogen-bond acceptors (Lipinski definition) is 2. The molecule has 1 heterocycles. The Morgan fingerprint density at radius 3 is 2.55 bits per heavy atom. The minimum atomic E-state index is -0.162. The largest absolute Gasteiger partial charge is 0.305 e. The lowest BCUT2D eigenvalue weighted by Gasteiger charge is -1.95. The highest BCUT2D eigenvalue weighted by atomic mass is 16.2. The van der Waals surface area contributed by atoms with Crippen molar-refractivity contribution >= 4 is 18.2 Å². The monoisotopic (exact) mass is 266 g/mol. The molecular formula is C16H16N3O+. The van der Waals surface area contributed by atoms with Crippen LogP contribution < -0.4 is 9.99 Å². The molecule has 100 valence electrons. The molecule has 0 spiro atoms. The van der Waals surface area contributed by atoms with Crippen molar-refractivity contribution in [3.63, 3.8) is 0 Å². The van der Waals surface area contributed by atoms with Crippen molar-refractivity contribution in [2.45, 2.75) is 6.54 Å². The third-order valence-electron chi connectivity index (χ3n) is 2.54. The Balaban J connectivity index is 1.76. The van der Waals surface area contributed by atoms with E-state index < -0.39 is 0 Å². The molecule has 1 aromatic heterocycles. The normalized spacial score (nSPS) is 11.0. The summed E-state index contributed by atoms with van der Waals surface area (Å²) in [5.41, 5.74) is 3.56. The number of rotatable bonds is 5. The molecule has 0 saturated heterocycles. The molecule has 0 bridgehead atoms. The maximum absolute atomic E-state index is 11.6. The first-order valence-electron chi connectivity index (χ1n) is 6.32. The van der Waals surface area contributed by atoms with Gasteiger partial charge in [0.1, 0.15) is 0 Å². The van der Waals surface area contributed by atoms with Gasteiger partial charge in [-0.2, -0.15) is 9.67 Å². The SMILES string of the molecule is O=C(C[n+]1ccccc1)N/N=C/C=Cc1ccccc1. The van der Waals surface area contributed by atoms with Gasteiger partial charge in [0.15, 0.2) is 12.4 Å². The van der Waals surface area contributed by atoms with Crippen molar-refractivity contribution in [1.29, 1.82) is 0 Å². The van der Waals surface area contributed by atoms with E-state index in [1.165, 1.54) is 0 Å². The summed E-state index contributed by atoms with van der Waals surface area (Å²) in [6.07, 6.45) is 8.92. The zero-order valence-corrected chi connectivity index (χ0v) is 11.0. The quantitative estimate of drug-likeness (QED) is 0.500. The Bertz CT molecular complexity index is 592. The van der Waals surface area contributed by atoms with Crippen LogP contribution in [0.3, 0.4) is 0 Å². The first-order chi connectivity index (χ1) is 9.84. The fraction of sp³-hybridized carbons (Fsp3) is 0.0625. The molecule has 0 radical (unpaired) electrons. The Labute approximate surface area is 118 Å². The number of pyridine rings is 1. The van der Waals surface area contributed by atoms with E-state index in [1.807, 2.05) is 67.0 Å². The zero-order valence-electron chi connectivity index (χ0n) is 11.0. The van der Waals surface area contributed by atoms with Gasteiger partial charge in [-0.3, -0.25) is 4.79 Å². The van der Waals surface area contributed by atoms with Crippen LogP contribution in [0.25, 0.3) is 6.08 Å². The maximum Gasteiger partial charge on any atom is 0.305 e. The third-order valence-corrected chi connectivity index (χ3v) is 2.54. The molecule has 0 aliphatic rings. The summed E-state index contributed by atoms with van der Waals surface area (Å²) < 4.78 is 1.78. The molecule has 0 aliphatic carbocycles. The van der Waals surface area contributed by atoms with Gasteiger partial charge in [-0.05, 0) is 11.6 Å². The number of carbonyl (C=O) groups excluding carboxylic acids is 1. The van der Waals surface area contributed by atoms with Crippen LogP contribution in [-0.2, 0) is 11.3 Å². The Morgan fingerprint density at radius 1 is 1.10 bits per heavy atom. The molecule has 2 aromatic rings. The number of nitrogens with zero attached hydrogens (tertiary/aromatic N) is 2. The molecule has 0 fully saturated rings. The van der Waals surface area contributed by atoms with Gasteiger partial charge in [0.2, 0.25) is 6.54 Å². The molecule has 1 amide bonds. The number of aromatic nitrogens is 1. The Hall–Kier alpha value is -2.75. The first-order valence-corrected chi connectivity index (χ1v) is 6.32. The predicted octanol–water partition coefficient (Wildman–Crippen LogP) is 1.79. The molecule has 1 aromatic carbocycles. The predicted molar refractivity (Wildman–Crippen MR) is 78.7 cm³/mol. The van der Waals surface area contributed by atoms with Crippen molar-refractivity contribution in [3.05, 3.63) is 72.6 Å². The Kier molecular flexibility index (Phi) is 5.22. The summed E-state index contributed by atoms with van der Waals surface area (Å²) in [5.74, 6) is -0.162. The van der Waals surface area contributed by atoms with Crippen LogP contribution >= 0.6 is 0 Å². The van der Waals surface area contributed by atoms with Gasteiger partial charge in [-0.1, -0.05) is 42.5 Å². The second-order valence-corrected chi connectivity index (χ2v) is 4.13. The van der Waals surface area contributed by atoms with Gasteiger partial charge in [0.25, 0.3) is 0 Å². The third kappa shape index (κ3) is 4.86. The maximum atomic E-state index is 11.6. The van der Waals surface area contributed by atoms with Gasteiger partial charge in [0, 0.05) is 18.3 Å². The summed E-state index contributed by atoms with van der Waals surface area (Å²) in [6.45, 7) is 0.251. The topological polar surface area (TPSA) is 45.3 Å². The van der Waals surface area contributed by atoms with Gasteiger partial charge < -0.3 is 0 Å². The minimum absolute atomic E-state index is 0.162. The van der Waals surface area contributed by atoms with Gasteiger partial charge in [-0.15, -0.1) is 0 Å². The van der Waals surface area contributed by atoms with Crippen LogP contribution in [0.15, 0.2) is 72.1 Å². The lowest BCUT2D eigenvalue weighted by atomic mass is 10.2. The summed E-state index contributed by atoms with van der Waals surface area (Å²) in [7, 11) is 0. The van der Waals surface area contributed by atoms with Gasteiger partial charge >= 0.3 is 5.91 Å². The molecule has 0 saturated carbocycles. The average Bonchev–Trinajstić information content (AvgIpc) is 2.49. The van der Waals surface area contributed by atoms with E-state index in [1.54, 1.807) is 16.9 Å². The fourth-order valence-corrected chi connectivity index (χ4v) is 1.61. The van der Waals surface area contributed by atoms with Gasteiger partial charge in [-0.25, -0.2) is 5.43 Å². The van der Waals surface area contributed by atoms with Crippen molar-refractivity contribution < 1.29 is 9.36 Å². The van der Waals surface area contributed by atoms with Crippen LogP contribution in [0, 0.1) is 0 Å². The molecule has 20 heavy (non-hydrogen) atoms. The van der Waals surface area contributed by atoms with E-state index in [-0.39, 0.29) is 12.5 Å². The number of amides is 1. The number of benzene rings is 1. The van der Waals surface area contributed by atoms with Crippen LogP contribution in [0.4, 0.5) is 0 Å². The van der Waals surface area contributed by atoms with E-state index in [4.69, 9.17) is 0 Å². The number of hydrazone groups is 1. The first kappa shape index (κ1) is 13.7. The molecule has 0 aliphatic heterocycles. The van der Waals surface area contributed by atoms with Crippen LogP contribution in [0.1, 0.15) is 5.56 Å². The highest BCUT2D eigenvalue weighted by molar-refractivity contribution is 5.80. The molecule has 1 N–H and O–H groups in total. The number of allylic oxidation sites excluding steroid dienone is 1. The minimum Gasteiger partial charge on any atom is -0.266 e. The molecule has 2 rings (SSSR count). The van der Waals surface area contributed by atoms with Crippen LogP contribution in [-0.4, -0.2) is 12.1 Å². The van der Waals surface area contributed by atoms with Gasteiger partial charge in [0.05, 0.1) is 0 Å². The van der Waals surface area contributed by atoms with Crippen molar-refractivity contribution in [3.8, 4) is 0 Å². The summed E-state index contributed by atoms with van der Waals surface area (Å²) in [5, 5.41) is 3.86. The highest BCUT2D eigenvalue weighted by Crippen LogP contribution is 1.99. The van der Waals surface area contributed by atoms with E-state index in [9.17, 15) is 4.79 Å². The van der Waals surface area contributed by atoms with E-state index in [0.717, 1.165) is 5.56 Å². The van der Waals surface area contributed by atoms with Crippen LogP contribution in [0.5, 0.6) is 0 Å². The standard InChI is InChI=1S/C16H15N3O/c20-16(14-19-12-5-2-6-13-19)18-17-11-7-10-15-8-3-1-4-9-15/h1-13H,14H2/p+1/b10-7?,17-11+. The molecule has 4 heteroatoms. The molecule has 0 unspecified atom stereocenters.